The Hall–Kier alpha value is -2.18. The number of hydrogen-bond donors (Lipinski definition) is 2. The summed E-state index contributed by atoms with van der Waals surface area (Å²) in [6.07, 6.45) is 3.13. The lowest BCUT2D eigenvalue weighted by Gasteiger charge is -2.26. The Balaban J connectivity index is 1.36. The van der Waals surface area contributed by atoms with Crippen molar-refractivity contribution < 1.29 is 4.79 Å². The quantitative estimate of drug-likeness (QED) is 0.732. The minimum Gasteiger partial charge on any atom is -0.357 e. The minimum absolute atomic E-state index is 0.0609. The molecule has 1 saturated heterocycles. The molecule has 26 heavy (non-hydrogen) atoms. The van der Waals surface area contributed by atoms with Crippen molar-refractivity contribution >= 4 is 28.1 Å². The van der Waals surface area contributed by atoms with Gasteiger partial charge in [0.25, 0.3) is 5.91 Å². The van der Waals surface area contributed by atoms with Crippen molar-refractivity contribution in [2.45, 2.75) is 31.7 Å². The van der Waals surface area contributed by atoms with Crippen molar-refractivity contribution in [1.29, 1.82) is 0 Å². The SMILES string of the molecule is O=C(c1csc(C2CCNCC2)n1)N1CCc2c([nH]c3ccccc23)C1. The van der Waals surface area contributed by atoms with E-state index in [0.29, 0.717) is 18.2 Å². The molecule has 2 aliphatic heterocycles. The molecule has 0 atom stereocenters. The number of fused-ring (bicyclic) bond motifs is 3. The number of rotatable bonds is 2. The van der Waals surface area contributed by atoms with Gasteiger partial charge in [0.2, 0.25) is 0 Å². The first-order chi connectivity index (χ1) is 12.8. The van der Waals surface area contributed by atoms with Crippen LogP contribution < -0.4 is 5.32 Å². The summed E-state index contributed by atoms with van der Waals surface area (Å²) in [6, 6.07) is 8.38. The van der Waals surface area contributed by atoms with Crippen molar-refractivity contribution in [3.63, 3.8) is 0 Å². The zero-order valence-electron chi connectivity index (χ0n) is 14.6. The molecule has 0 bridgehead atoms. The molecule has 0 radical (unpaired) electrons. The van der Waals surface area contributed by atoms with Gasteiger partial charge >= 0.3 is 0 Å². The molecular weight excluding hydrogens is 344 g/mol. The maximum Gasteiger partial charge on any atom is 0.273 e. The van der Waals surface area contributed by atoms with Crippen LogP contribution in [0.15, 0.2) is 29.6 Å². The Morgan fingerprint density at radius 1 is 1.23 bits per heavy atom. The molecule has 134 valence electrons. The van der Waals surface area contributed by atoms with Crippen LogP contribution in [0.25, 0.3) is 10.9 Å². The van der Waals surface area contributed by atoms with Gasteiger partial charge < -0.3 is 15.2 Å². The Morgan fingerprint density at radius 2 is 2.08 bits per heavy atom. The molecule has 4 heterocycles. The fourth-order valence-electron chi connectivity index (χ4n) is 4.17. The zero-order chi connectivity index (χ0) is 17.5. The third-order valence-corrected chi connectivity index (χ3v) is 6.61. The number of benzene rings is 1. The molecule has 1 fully saturated rings. The summed E-state index contributed by atoms with van der Waals surface area (Å²) >= 11 is 1.64. The molecule has 6 heteroatoms. The van der Waals surface area contributed by atoms with Gasteiger partial charge in [-0.3, -0.25) is 4.79 Å². The van der Waals surface area contributed by atoms with Crippen LogP contribution in [0.2, 0.25) is 0 Å². The zero-order valence-corrected chi connectivity index (χ0v) is 15.4. The maximum absolute atomic E-state index is 13.0. The van der Waals surface area contributed by atoms with E-state index in [9.17, 15) is 4.79 Å². The third-order valence-electron chi connectivity index (χ3n) is 5.60. The normalized spacial score (nSPS) is 18.2. The number of carbonyl (C=O) groups is 1. The second kappa shape index (κ2) is 6.52. The number of piperidine rings is 1. The number of nitrogens with one attached hydrogen (secondary N) is 2. The van der Waals surface area contributed by atoms with Gasteiger partial charge in [0.15, 0.2) is 0 Å². The van der Waals surface area contributed by atoms with Crippen molar-refractivity contribution in [2.75, 3.05) is 19.6 Å². The van der Waals surface area contributed by atoms with Crippen molar-refractivity contribution in [1.82, 2.24) is 20.2 Å². The standard InChI is InChI=1S/C20H22N4OS/c25-20(18-12-26-19(23-18)13-5-8-21-9-6-13)24-10-7-15-14-3-1-2-4-16(14)22-17(15)11-24/h1-4,12-13,21-22H,5-11H2. The van der Waals surface area contributed by atoms with E-state index in [-0.39, 0.29) is 5.91 Å². The first-order valence-corrected chi connectivity index (χ1v) is 10.2. The third kappa shape index (κ3) is 2.73. The second-order valence-electron chi connectivity index (χ2n) is 7.20. The Labute approximate surface area is 156 Å². The summed E-state index contributed by atoms with van der Waals surface area (Å²) in [5, 5.41) is 7.74. The fourth-order valence-corrected chi connectivity index (χ4v) is 5.14. The molecular formula is C20H22N4OS. The average Bonchev–Trinajstić information content (AvgIpc) is 3.32. The first kappa shape index (κ1) is 16.0. The van der Waals surface area contributed by atoms with E-state index in [1.807, 2.05) is 16.3 Å². The Bertz CT molecular complexity index is 954. The highest BCUT2D eigenvalue weighted by Gasteiger charge is 2.27. The summed E-state index contributed by atoms with van der Waals surface area (Å²) in [5.41, 5.74) is 4.30. The number of H-pyrrole nitrogens is 1. The van der Waals surface area contributed by atoms with Gasteiger partial charge in [0.1, 0.15) is 5.69 Å². The van der Waals surface area contributed by atoms with Crippen LogP contribution in [0, 0.1) is 0 Å². The lowest BCUT2D eigenvalue weighted by molar-refractivity contribution is 0.0727. The topological polar surface area (TPSA) is 61.0 Å². The van der Waals surface area contributed by atoms with Crippen LogP contribution in [0.5, 0.6) is 0 Å². The molecule has 1 amide bonds. The van der Waals surface area contributed by atoms with Gasteiger partial charge in [0, 0.05) is 34.4 Å². The van der Waals surface area contributed by atoms with E-state index in [1.54, 1.807) is 11.3 Å². The number of nitrogens with zero attached hydrogens (tertiary/aromatic N) is 2. The molecule has 0 spiro atoms. The largest absolute Gasteiger partial charge is 0.357 e. The smallest absolute Gasteiger partial charge is 0.273 e. The van der Waals surface area contributed by atoms with Gasteiger partial charge in [0.05, 0.1) is 11.6 Å². The van der Waals surface area contributed by atoms with E-state index >= 15 is 0 Å². The van der Waals surface area contributed by atoms with Gasteiger partial charge in [-0.05, 0) is 44.0 Å². The van der Waals surface area contributed by atoms with Crippen LogP contribution >= 0.6 is 11.3 Å². The molecule has 2 aromatic heterocycles. The van der Waals surface area contributed by atoms with Crippen LogP contribution in [-0.4, -0.2) is 40.4 Å². The highest BCUT2D eigenvalue weighted by atomic mass is 32.1. The molecule has 3 aromatic rings. The molecule has 5 nitrogen and oxygen atoms in total. The van der Waals surface area contributed by atoms with Crippen LogP contribution in [0.3, 0.4) is 0 Å². The highest BCUT2D eigenvalue weighted by Crippen LogP contribution is 2.30. The predicted molar refractivity (Wildman–Crippen MR) is 104 cm³/mol. The average molecular weight is 366 g/mol. The lowest BCUT2D eigenvalue weighted by atomic mass is 9.99. The molecule has 0 unspecified atom stereocenters. The van der Waals surface area contributed by atoms with Crippen molar-refractivity contribution in [3.8, 4) is 0 Å². The van der Waals surface area contributed by atoms with Crippen molar-refractivity contribution in [3.05, 3.63) is 51.6 Å². The molecule has 2 N–H and O–H groups in total. The number of aromatic amines is 1. The maximum atomic E-state index is 13.0. The molecule has 2 aliphatic rings. The Kier molecular flexibility index (Phi) is 4.02. The fraction of sp³-hybridized carbons (Fsp3) is 0.400. The molecule has 0 aliphatic carbocycles. The predicted octanol–water partition coefficient (Wildman–Crippen LogP) is 3.29. The van der Waals surface area contributed by atoms with Crippen LogP contribution in [0.1, 0.15) is 45.5 Å². The van der Waals surface area contributed by atoms with Crippen molar-refractivity contribution in [2.24, 2.45) is 0 Å². The van der Waals surface area contributed by atoms with Gasteiger partial charge in [-0.2, -0.15) is 0 Å². The number of aromatic nitrogens is 2. The second-order valence-corrected chi connectivity index (χ2v) is 8.09. The Morgan fingerprint density at radius 3 is 2.96 bits per heavy atom. The van der Waals surface area contributed by atoms with E-state index in [4.69, 9.17) is 4.98 Å². The highest BCUT2D eigenvalue weighted by molar-refractivity contribution is 7.09. The van der Waals surface area contributed by atoms with E-state index in [2.05, 4.69) is 28.5 Å². The number of thiazole rings is 1. The minimum atomic E-state index is 0.0609. The first-order valence-electron chi connectivity index (χ1n) is 9.33. The molecule has 0 saturated carbocycles. The summed E-state index contributed by atoms with van der Waals surface area (Å²) in [7, 11) is 0. The van der Waals surface area contributed by atoms with Crippen LogP contribution in [-0.2, 0) is 13.0 Å². The lowest BCUT2D eigenvalue weighted by Crippen LogP contribution is -2.36. The molecule has 5 rings (SSSR count). The summed E-state index contributed by atoms with van der Waals surface area (Å²) in [4.78, 5) is 23.1. The summed E-state index contributed by atoms with van der Waals surface area (Å²) in [5.74, 6) is 0.565. The summed E-state index contributed by atoms with van der Waals surface area (Å²) < 4.78 is 0. The number of amides is 1. The van der Waals surface area contributed by atoms with E-state index in [0.717, 1.165) is 49.4 Å². The monoisotopic (exact) mass is 366 g/mol. The van der Waals surface area contributed by atoms with E-state index < -0.39 is 0 Å². The number of hydrogen-bond acceptors (Lipinski definition) is 4. The van der Waals surface area contributed by atoms with Gasteiger partial charge in [-0.25, -0.2) is 4.98 Å². The van der Waals surface area contributed by atoms with E-state index in [1.165, 1.54) is 16.6 Å². The summed E-state index contributed by atoms with van der Waals surface area (Å²) in [6.45, 7) is 3.49. The number of para-hydroxylation sites is 1. The van der Waals surface area contributed by atoms with Gasteiger partial charge in [-0.15, -0.1) is 11.3 Å². The van der Waals surface area contributed by atoms with Crippen LogP contribution in [0.4, 0.5) is 0 Å². The molecule has 1 aromatic carbocycles. The van der Waals surface area contributed by atoms with Gasteiger partial charge in [-0.1, -0.05) is 18.2 Å². The number of carbonyl (C=O) groups excluding carboxylic acids is 1.